The largest absolute Gasteiger partial charge is 0.481 e. The van der Waals surface area contributed by atoms with Crippen molar-refractivity contribution in [3.05, 3.63) is 0 Å². The van der Waals surface area contributed by atoms with Gasteiger partial charge in [-0.15, -0.1) is 0 Å². The number of amides is 1. The molecule has 2 aliphatic rings. The zero-order valence-corrected chi connectivity index (χ0v) is 12.5. The Kier molecular flexibility index (Phi) is 5.02. The third kappa shape index (κ3) is 3.32. The fourth-order valence-corrected chi connectivity index (χ4v) is 3.55. The Morgan fingerprint density at radius 2 is 1.60 bits per heavy atom. The van der Waals surface area contributed by atoms with Gasteiger partial charge in [0.25, 0.3) is 0 Å². The third-order valence-corrected chi connectivity index (χ3v) is 4.98. The number of nitrogens with zero attached hydrogens (tertiary/aromatic N) is 2. The van der Waals surface area contributed by atoms with E-state index in [0.29, 0.717) is 6.42 Å². The monoisotopic (exact) mass is 282 g/mol. The van der Waals surface area contributed by atoms with Crippen molar-refractivity contribution < 1.29 is 14.7 Å². The minimum Gasteiger partial charge on any atom is -0.481 e. The second kappa shape index (κ2) is 6.57. The molecule has 1 saturated heterocycles. The fourth-order valence-electron chi connectivity index (χ4n) is 3.55. The summed E-state index contributed by atoms with van der Waals surface area (Å²) < 4.78 is 0. The van der Waals surface area contributed by atoms with Gasteiger partial charge in [-0.2, -0.15) is 0 Å². The minimum absolute atomic E-state index is 0.0478. The molecule has 1 heterocycles. The van der Waals surface area contributed by atoms with Gasteiger partial charge in [0.15, 0.2) is 0 Å². The van der Waals surface area contributed by atoms with E-state index in [2.05, 4.69) is 11.9 Å². The lowest BCUT2D eigenvalue weighted by Crippen LogP contribution is -2.48. The van der Waals surface area contributed by atoms with Crippen molar-refractivity contribution in [2.45, 2.75) is 44.6 Å². The SMILES string of the molecule is CN1CCC(N(C)C(=O)[C@@H]2CCCC[C@H]2C(=O)O)CC1. The number of piperidine rings is 1. The summed E-state index contributed by atoms with van der Waals surface area (Å²) in [6.07, 6.45) is 5.26. The number of aliphatic carboxylic acids is 1. The molecule has 114 valence electrons. The smallest absolute Gasteiger partial charge is 0.307 e. The number of likely N-dealkylation sites (tertiary alicyclic amines) is 1. The topological polar surface area (TPSA) is 60.9 Å². The zero-order valence-electron chi connectivity index (χ0n) is 12.5. The minimum atomic E-state index is -0.806. The number of rotatable bonds is 3. The van der Waals surface area contributed by atoms with Gasteiger partial charge >= 0.3 is 5.97 Å². The summed E-state index contributed by atoms with van der Waals surface area (Å²) in [4.78, 5) is 28.1. The molecule has 1 aliphatic carbocycles. The maximum Gasteiger partial charge on any atom is 0.307 e. The standard InChI is InChI=1S/C15H26N2O3/c1-16-9-7-11(8-10-16)17(2)14(18)12-5-3-4-6-13(12)15(19)20/h11-13H,3-10H2,1-2H3,(H,19,20)/t12-,13-/m1/s1. The van der Waals surface area contributed by atoms with Crippen LogP contribution >= 0.6 is 0 Å². The van der Waals surface area contributed by atoms with E-state index in [9.17, 15) is 14.7 Å². The Morgan fingerprint density at radius 1 is 1.05 bits per heavy atom. The van der Waals surface area contributed by atoms with Crippen LogP contribution in [0.2, 0.25) is 0 Å². The van der Waals surface area contributed by atoms with Crippen LogP contribution in [0.1, 0.15) is 38.5 Å². The molecule has 0 aromatic carbocycles. The Morgan fingerprint density at radius 3 is 2.15 bits per heavy atom. The number of hydrogen-bond acceptors (Lipinski definition) is 3. The van der Waals surface area contributed by atoms with E-state index < -0.39 is 11.9 Å². The van der Waals surface area contributed by atoms with Gasteiger partial charge in [0.1, 0.15) is 0 Å². The van der Waals surface area contributed by atoms with E-state index in [1.165, 1.54) is 0 Å². The first-order valence-electron chi connectivity index (χ1n) is 7.68. The first kappa shape index (κ1) is 15.3. The number of carboxylic acids is 1. The molecule has 1 saturated carbocycles. The van der Waals surface area contributed by atoms with Crippen LogP contribution in [-0.2, 0) is 9.59 Å². The molecule has 0 spiro atoms. The summed E-state index contributed by atoms with van der Waals surface area (Å²) in [6.45, 7) is 2.02. The van der Waals surface area contributed by atoms with Crippen molar-refractivity contribution in [3.8, 4) is 0 Å². The van der Waals surface area contributed by atoms with Crippen LogP contribution < -0.4 is 0 Å². The number of carboxylic acid groups (broad SMARTS) is 1. The van der Waals surface area contributed by atoms with Crippen LogP contribution in [0, 0.1) is 11.8 Å². The Labute approximate surface area is 120 Å². The highest BCUT2D eigenvalue weighted by Gasteiger charge is 2.38. The molecule has 0 unspecified atom stereocenters. The maximum atomic E-state index is 12.6. The van der Waals surface area contributed by atoms with Crippen molar-refractivity contribution in [1.82, 2.24) is 9.80 Å². The van der Waals surface area contributed by atoms with E-state index in [-0.39, 0.29) is 17.9 Å². The Balaban J connectivity index is 1.99. The molecule has 0 aromatic heterocycles. The average molecular weight is 282 g/mol. The predicted octanol–water partition coefficient (Wildman–Crippen LogP) is 1.43. The summed E-state index contributed by atoms with van der Waals surface area (Å²) in [5.41, 5.74) is 0. The summed E-state index contributed by atoms with van der Waals surface area (Å²) >= 11 is 0. The predicted molar refractivity (Wildman–Crippen MR) is 76.4 cm³/mol. The third-order valence-electron chi connectivity index (χ3n) is 4.98. The van der Waals surface area contributed by atoms with Crippen LogP contribution in [0.15, 0.2) is 0 Å². The number of carbonyl (C=O) groups excluding carboxylic acids is 1. The molecule has 2 rings (SSSR count). The van der Waals surface area contributed by atoms with Gasteiger partial charge < -0.3 is 14.9 Å². The molecule has 5 nitrogen and oxygen atoms in total. The molecular formula is C15H26N2O3. The summed E-state index contributed by atoms with van der Waals surface area (Å²) in [6, 6.07) is 0.273. The molecule has 1 aliphatic heterocycles. The van der Waals surface area contributed by atoms with Crippen LogP contribution in [0.25, 0.3) is 0 Å². The van der Waals surface area contributed by atoms with E-state index >= 15 is 0 Å². The van der Waals surface area contributed by atoms with E-state index in [1.807, 2.05) is 11.9 Å². The highest BCUT2D eigenvalue weighted by Crippen LogP contribution is 2.32. The molecule has 2 fully saturated rings. The highest BCUT2D eigenvalue weighted by molar-refractivity contribution is 5.85. The van der Waals surface area contributed by atoms with Gasteiger partial charge in [-0.05, 0) is 45.8 Å². The van der Waals surface area contributed by atoms with Gasteiger partial charge in [-0.25, -0.2) is 0 Å². The quantitative estimate of drug-likeness (QED) is 0.850. The first-order chi connectivity index (χ1) is 9.50. The lowest BCUT2D eigenvalue weighted by atomic mass is 9.78. The van der Waals surface area contributed by atoms with Crippen LogP contribution in [0.4, 0.5) is 0 Å². The van der Waals surface area contributed by atoms with Crippen LogP contribution in [0.3, 0.4) is 0 Å². The van der Waals surface area contributed by atoms with Crippen molar-refractivity contribution in [2.75, 3.05) is 27.2 Å². The van der Waals surface area contributed by atoms with Gasteiger partial charge in [0.05, 0.1) is 11.8 Å². The lowest BCUT2D eigenvalue weighted by molar-refractivity contribution is -0.153. The lowest BCUT2D eigenvalue weighted by Gasteiger charge is -2.38. The van der Waals surface area contributed by atoms with Gasteiger partial charge in [-0.1, -0.05) is 12.8 Å². The van der Waals surface area contributed by atoms with E-state index in [1.54, 1.807) is 0 Å². The fraction of sp³-hybridized carbons (Fsp3) is 0.867. The molecule has 2 atom stereocenters. The average Bonchev–Trinajstić information content (AvgIpc) is 2.46. The summed E-state index contributed by atoms with van der Waals surface area (Å²) in [5, 5.41) is 9.31. The van der Waals surface area contributed by atoms with Gasteiger partial charge in [0.2, 0.25) is 5.91 Å². The molecular weight excluding hydrogens is 256 g/mol. The maximum absolute atomic E-state index is 12.6. The Bertz CT molecular complexity index is 364. The van der Waals surface area contributed by atoms with Crippen LogP contribution in [0.5, 0.6) is 0 Å². The van der Waals surface area contributed by atoms with Crippen molar-refractivity contribution in [1.29, 1.82) is 0 Å². The molecule has 0 bridgehead atoms. The summed E-state index contributed by atoms with van der Waals surface area (Å²) in [7, 11) is 3.95. The second-order valence-corrected chi connectivity index (χ2v) is 6.32. The van der Waals surface area contributed by atoms with Gasteiger partial charge in [0, 0.05) is 13.1 Å². The van der Waals surface area contributed by atoms with E-state index in [4.69, 9.17) is 0 Å². The molecule has 0 aromatic rings. The molecule has 20 heavy (non-hydrogen) atoms. The number of hydrogen-bond donors (Lipinski definition) is 1. The van der Waals surface area contributed by atoms with Crippen LogP contribution in [-0.4, -0.2) is 60.0 Å². The molecule has 1 N–H and O–H groups in total. The number of carbonyl (C=O) groups is 2. The Hall–Kier alpha value is -1.10. The van der Waals surface area contributed by atoms with E-state index in [0.717, 1.165) is 45.2 Å². The normalized spacial score (nSPS) is 29.1. The molecule has 5 heteroatoms. The molecule has 0 radical (unpaired) electrons. The highest BCUT2D eigenvalue weighted by atomic mass is 16.4. The van der Waals surface area contributed by atoms with Crippen molar-refractivity contribution in [2.24, 2.45) is 11.8 Å². The first-order valence-corrected chi connectivity index (χ1v) is 7.68. The van der Waals surface area contributed by atoms with Crippen molar-refractivity contribution >= 4 is 11.9 Å². The van der Waals surface area contributed by atoms with Crippen molar-refractivity contribution in [3.63, 3.8) is 0 Å². The zero-order chi connectivity index (χ0) is 14.7. The molecule has 1 amide bonds. The summed E-state index contributed by atoms with van der Waals surface area (Å²) in [5.74, 6) is -1.55. The second-order valence-electron chi connectivity index (χ2n) is 6.32. The van der Waals surface area contributed by atoms with Gasteiger partial charge in [-0.3, -0.25) is 9.59 Å².